The van der Waals surface area contributed by atoms with Gasteiger partial charge in [0.25, 0.3) is 0 Å². The highest BCUT2D eigenvalue weighted by atomic mass is 16.2. The summed E-state index contributed by atoms with van der Waals surface area (Å²) in [7, 11) is 1.93. The van der Waals surface area contributed by atoms with E-state index in [1.54, 1.807) is 0 Å². The van der Waals surface area contributed by atoms with Gasteiger partial charge in [-0.2, -0.15) is 0 Å². The molecule has 1 aliphatic carbocycles. The van der Waals surface area contributed by atoms with Crippen molar-refractivity contribution in [1.29, 1.82) is 0 Å². The molecule has 1 amide bonds. The van der Waals surface area contributed by atoms with Gasteiger partial charge in [0.1, 0.15) is 0 Å². The van der Waals surface area contributed by atoms with Gasteiger partial charge in [-0.1, -0.05) is 56.7 Å². The average molecular weight is 299 g/mol. The lowest BCUT2D eigenvalue weighted by Gasteiger charge is -2.39. The summed E-state index contributed by atoms with van der Waals surface area (Å²) in [5.74, 6) is 0.930. The van der Waals surface area contributed by atoms with Crippen molar-refractivity contribution in [1.82, 2.24) is 4.90 Å². The third-order valence-corrected chi connectivity index (χ3v) is 5.12. The molecule has 0 N–H and O–H groups in total. The molecule has 1 aliphatic rings. The number of amides is 1. The number of likely N-dealkylation sites (N-methyl/N-ethyl adjacent to an activating group) is 1. The first-order valence-corrected chi connectivity index (χ1v) is 8.32. The molecule has 22 heavy (non-hydrogen) atoms. The predicted octanol–water partition coefficient (Wildman–Crippen LogP) is 4.72. The molecule has 0 bridgehead atoms. The second-order valence-corrected chi connectivity index (χ2v) is 7.50. The highest BCUT2D eigenvalue weighted by molar-refractivity contribution is 5.87. The number of hydrogen-bond acceptors (Lipinski definition) is 1. The van der Waals surface area contributed by atoms with Crippen molar-refractivity contribution in [2.45, 2.75) is 52.5 Å². The van der Waals surface area contributed by atoms with Gasteiger partial charge < -0.3 is 4.90 Å². The van der Waals surface area contributed by atoms with Crippen LogP contribution in [0, 0.1) is 11.8 Å². The first-order chi connectivity index (χ1) is 10.3. The Labute approximate surface area is 135 Å². The maximum atomic E-state index is 13.2. The van der Waals surface area contributed by atoms with Crippen LogP contribution in [0.15, 0.2) is 30.3 Å². The van der Waals surface area contributed by atoms with Gasteiger partial charge in [0.05, 0.1) is 5.92 Å². The number of carbonyl (C=O) groups excluding carboxylic acids is 1. The summed E-state index contributed by atoms with van der Waals surface area (Å²) in [5.41, 5.74) is 2.20. The Morgan fingerprint density at radius 1 is 1.27 bits per heavy atom. The maximum absolute atomic E-state index is 13.2. The topological polar surface area (TPSA) is 20.3 Å². The van der Waals surface area contributed by atoms with Gasteiger partial charge in [-0.3, -0.25) is 4.79 Å². The van der Waals surface area contributed by atoms with Gasteiger partial charge in [-0.15, -0.1) is 0 Å². The molecule has 0 saturated carbocycles. The van der Waals surface area contributed by atoms with E-state index in [-0.39, 0.29) is 23.3 Å². The fourth-order valence-corrected chi connectivity index (χ4v) is 3.11. The summed E-state index contributed by atoms with van der Waals surface area (Å²) in [6, 6.07) is 8.31. The van der Waals surface area contributed by atoms with Crippen LogP contribution < -0.4 is 0 Å². The fraction of sp³-hybridized carbons (Fsp3) is 0.550. The molecule has 0 fully saturated rings. The van der Waals surface area contributed by atoms with Gasteiger partial charge >= 0.3 is 0 Å². The van der Waals surface area contributed by atoms with Gasteiger partial charge in [0.15, 0.2) is 0 Å². The first kappa shape index (κ1) is 16.8. The number of carbonyl (C=O) groups is 1. The molecule has 0 saturated heterocycles. The van der Waals surface area contributed by atoms with E-state index < -0.39 is 0 Å². The molecule has 0 heterocycles. The van der Waals surface area contributed by atoms with Gasteiger partial charge in [0.2, 0.25) is 5.91 Å². The van der Waals surface area contributed by atoms with Gasteiger partial charge in [-0.05, 0) is 43.7 Å². The van der Waals surface area contributed by atoms with E-state index >= 15 is 0 Å². The maximum Gasteiger partial charge on any atom is 0.230 e. The van der Waals surface area contributed by atoms with Crippen molar-refractivity contribution in [3.05, 3.63) is 41.5 Å². The Hall–Kier alpha value is -1.57. The summed E-state index contributed by atoms with van der Waals surface area (Å²) in [5, 5.41) is 0. The molecule has 1 aromatic rings. The minimum Gasteiger partial charge on any atom is -0.340 e. The number of benzene rings is 1. The number of allylic oxidation sites excluding steroid dienone is 1. The van der Waals surface area contributed by atoms with Crippen LogP contribution in [0.4, 0.5) is 0 Å². The number of hydrogen-bond donors (Lipinski definition) is 0. The summed E-state index contributed by atoms with van der Waals surface area (Å²) < 4.78 is 0. The van der Waals surface area contributed by atoms with Crippen molar-refractivity contribution >= 4 is 12.0 Å². The Kier molecular flexibility index (Phi) is 4.79. The summed E-state index contributed by atoms with van der Waals surface area (Å²) in [4.78, 5) is 15.1. The minimum absolute atomic E-state index is 0.0691. The third-order valence-electron chi connectivity index (χ3n) is 5.12. The Morgan fingerprint density at radius 3 is 2.50 bits per heavy atom. The van der Waals surface area contributed by atoms with E-state index in [2.05, 4.69) is 58.9 Å². The molecule has 0 spiro atoms. The Bertz CT molecular complexity index is 567. The predicted molar refractivity (Wildman–Crippen MR) is 93.7 cm³/mol. The molecule has 3 unspecified atom stereocenters. The highest BCUT2D eigenvalue weighted by Gasteiger charge is 2.38. The summed E-state index contributed by atoms with van der Waals surface area (Å²) >= 11 is 0. The summed E-state index contributed by atoms with van der Waals surface area (Å²) in [6.45, 7) is 10.7. The van der Waals surface area contributed by atoms with Gasteiger partial charge in [-0.25, -0.2) is 0 Å². The number of nitrogens with zero attached hydrogens (tertiary/aromatic N) is 1. The zero-order valence-electron chi connectivity index (χ0n) is 14.8. The molecule has 0 aromatic heterocycles. The Morgan fingerprint density at radius 2 is 1.91 bits per heavy atom. The smallest absolute Gasteiger partial charge is 0.230 e. The first-order valence-electron chi connectivity index (χ1n) is 8.32. The molecule has 2 nitrogen and oxygen atoms in total. The lowest BCUT2D eigenvalue weighted by Crippen LogP contribution is -2.47. The molecule has 3 atom stereocenters. The molecule has 120 valence electrons. The van der Waals surface area contributed by atoms with Crippen LogP contribution in [-0.4, -0.2) is 23.4 Å². The van der Waals surface area contributed by atoms with Crippen molar-refractivity contribution in [3.63, 3.8) is 0 Å². The third kappa shape index (κ3) is 3.11. The van der Waals surface area contributed by atoms with E-state index in [0.717, 1.165) is 6.42 Å². The van der Waals surface area contributed by atoms with E-state index in [1.165, 1.54) is 11.1 Å². The lowest BCUT2D eigenvalue weighted by molar-refractivity contribution is -0.137. The molecule has 2 heteroatoms. The number of rotatable bonds is 3. The van der Waals surface area contributed by atoms with Crippen LogP contribution in [0.5, 0.6) is 0 Å². The second kappa shape index (κ2) is 6.28. The molecule has 2 rings (SSSR count). The fourth-order valence-electron chi connectivity index (χ4n) is 3.11. The Balaban J connectivity index is 2.46. The normalized spacial score (nSPS) is 22.1. The van der Waals surface area contributed by atoms with Crippen molar-refractivity contribution in [2.24, 2.45) is 11.8 Å². The largest absolute Gasteiger partial charge is 0.340 e. The van der Waals surface area contributed by atoms with Crippen molar-refractivity contribution < 1.29 is 4.79 Å². The molecular weight excluding hydrogens is 270 g/mol. The van der Waals surface area contributed by atoms with Crippen LogP contribution in [0.3, 0.4) is 0 Å². The zero-order chi connectivity index (χ0) is 16.5. The second-order valence-electron chi connectivity index (χ2n) is 7.50. The molecule has 0 radical (unpaired) electrons. The minimum atomic E-state index is -0.160. The van der Waals surface area contributed by atoms with Crippen LogP contribution >= 0.6 is 0 Å². The average Bonchev–Trinajstić information content (AvgIpc) is 2.50. The van der Waals surface area contributed by atoms with Crippen LogP contribution in [0.1, 0.15) is 58.1 Å². The molecular formula is C20H29NO. The standard InChI is InChI=1S/C20H29NO/c1-7-14(2)16-13-12-15-10-8-9-11-17(15)18(16)19(22)21(6)20(3,4)5/h8-14,16,18H,7H2,1-6H3. The van der Waals surface area contributed by atoms with Gasteiger partial charge in [0, 0.05) is 12.6 Å². The highest BCUT2D eigenvalue weighted by Crippen LogP contribution is 2.40. The van der Waals surface area contributed by atoms with Crippen LogP contribution in [0.2, 0.25) is 0 Å². The SMILES string of the molecule is CCC(C)C1C=Cc2ccccc2C1C(=O)N(C)C(C)(C)C. The van der Waals surface area contributed by atoms with E-state index in [9.17, 15) is 4.79 Å². The zero-order valence-corrected chi connectivity index (χ0v) is 14.8. The number of fused-ring (bicyclic) bond motifs is 1. The van der Waals surface area contributed by atoms with Crippen LogP contribution in [0.25, 0.3) is 6.08 Å². The van der Waals surface area contributed by atoms with E-state index in [4.69, 9.17) is 0 Å². The van der Waals surface area contributed by atoms with E-state index in [0.29, 0.717) is 5.92 Å². The monoisotopic (exact) mass is 299 g/mol. The summed E-state index contributed by atoms with van der Waals surface area (Å²) in [6.07, 6.45) is 5.52. The molecule has 1 aromatic carbocycles. The quantitative estimate of drug-likeness (QED) is 0.791. The van der Waals surface area contributed by atoms with Crippen molar-refractivity contribution in [3.8, 4) is 0 Å². The molecule has 0 aliphatic heterocycles. The van der Waals surface area contributed by atoms with Crippen LogP contribution in [-0.2, 0) is 4.79 Å². The lowest BCUT2D eigenvalue weighted by atomic mass is 9.72. The van der Waals surface area contributed by atoms with Crippen molar-refractivity contribution in [2.75, 3.05) is 7.05 Å². The van der Waals surface area contributed by atoms with E-state index in [1.807, 2.05) is 24.1 Å².